The monoisotopic (exact) mass is 1470 g/mol. The van der Waals surface area contributed by atoms with Crippen LogP contribution in [-0.4, -0.2) is 96.7 Å². The fourth-order valence-corrected chi connectivity index (χ4v) is 14.0. The van der Waals surface area contributed by atoms with E-state index >= 15 is 0 Å². The second-order valence-corrected chi connectivity index (χ2v) is 34.0. The van der Waals surface area contributed by atoms with Crippen LogP contribution in [0, 0.1) is 23.7 Å². The number of unbranched alkanes of at least 4 members (excludes halogenated alkanes) is 44. The van der Waals surface area contributed by atoms with Gasteiger partial charge in [-0.15, -0.1) is 0 Å². The molecule has 0 aromatic carbocycles. The molecule has 100 heavy (non-hydrogen) atoms. The number of ether oxygens (including phenoxy) is 4. The number of rotatable bonds is 78. The number of aliphatic hydroxyl groups excluding tert-OH is 1. The van der Waals surface area contributed by atoms with E-state index in [9.17, 15) is 43.2 Å². The summed E-state index contributed by atoms with van der Waals surface area (Å²) in [5, 5.41) is 10.6. The van der Waals surface area contributed by atoms with Crippen molar-refractivity contribution in [3.8, 4) is 0 Å². The molecular weight excluding hydrogens is 1310 g/mol. The number of hydrogen-bond acceptors (Lipinski definition) is 15. The van der Waals surface area contributed by atoms with E-state index < -0.39 is 97.5 Å². The number of hydrogen-bond donors (Lipinski definition) is 3. The lowest BCUT2D eigenvalue weighted by Crippen LogP contribution is -2.30. The summed E-state index contributed by atoms with van der Waals surface area (Å²) >= 11 is 0. The van der Waals surface area contributed by atoms with Gasteiger partial charge in [0.1, 0.15) is 19.3 Å². The van der Waals surface area contributed by atoms with Crippen LogP contribution >= 0.6 is 15.6 Å². The van der Waals surface area contributed by atoms with Gasteiger partial charge in [-0.25, -0.2) is 9.13 Å². The molecule has 0 aromatic rings. The van der Waals surface area contributed by atoms with Crippen molar-refractivity contribution in [1.82, 2.24) is 0 Å². The van der Waals surface area contributed by atoms with Gasteiger partial charge in [0.25, 0.3) is 0 Å². The van der Waals surface area contributed by atoms with Gasteiger partial charge in [0.2, 0.25) is 0 Å². The molecule has 594 valence electrons. The van der Waals surface area contributed by atoms with Crippen LogP contribution in [0.3, 0.4) is 0 Å². The minimum atomic E-state index is -4.96. The third-order valence-corrected chi connectivity index (χ3v) is 20.7. The Kier molecular flexibility index (Phi) is 68.7. The minimum Gasteiger partial charge on any atom is -0.462 e. The van der Waals surface area contributed by atoms with Gasteiger partial charge in [0.15, 0.2) is 12.2 Å². The Bertz CT molecular complexity index is 1950. The number of phosphoric ester groups is 2. The van der Waals surface area contributed by atoms with E-state index in [2.05, 4.69) is 55.4 Å². The van der Waals surface area contributed by atoms with Gasteiger partial charge >= 0.3 is 39.5 Å². The van der Waals surface area contributed by atoms with E-state index in [4.69, 9.17) is 37.0 Å². The molecule has 0 rings (SSSR count). The minimum absolute atomic E-state index is 0.106. The molecular formula is C81H158O17P2. The van der Waals surface area contributed by atoms with E-state index in [1.54, 1.807) is 0 Å². The van der Waals surface area contributed by atoms with Crippen LogP contribution < -0.4 is 0 Å². The van der Waals surface area contributed by atoms with Crippen molar-refractivity contribution in [2.24, 2.45) is 23.7 Å². The molecule has 0 bridgehead atoms. The highest BCUT2D eigenvalue weighted by Gasteiger charge is 2.30. The molecule has 3 N–H and O–H groups in total. The highest BCUT2D eigenvalue weighted by molar-refractivity contribution is 7.47. The zero-order valence-electron chi connectivity index (χ0n) is 65.8. The lowest BCUT2D eigenvalue weighted by atomic mass is 10.0. The maximum atomic E-state index is 13.1. The van der Waals surface area contributed by atoms with Crippen molar-refractivity contribution in [3.63, 3.8) is 0 Å². The summed E-state index contributed by atoms with van der Waals surface area (Å²) in [6.45, 7) is 14.3. The third kappa shape index (κ3) is 74.3. The molecule has 0 heterocycles. The zero-order chi connectivity index (χ0) is 73.8. The standard InChI is InChI=1S/C81H158O17P2/c1-71(2)57-49-41-33-25-19-14-10-9-11-17-23-29-39-47-55-63-80(85)97-76(67-91-78(83)61-53-45-37-28-22-16-13-12-15-20-26-34-42-50-58-72(3)4)69-95-99(87,88)93-65-75(82)66-94-100(89,90)96-70-77(68-92-79(84)62-54-46-38-32-31-36-44-52-60-74(7)8)98-81(86)64-56-48-40-30-24-18-21-27-35-43-51-59-73(5)6/h71-77,82H,9-70H2,1-8H3,(H,87,88)(H,89,90)/t75-,76-,77-/m1/s1. The van der Waals surface area contributed by atoms with Crippen LogP contribution in [0.5, 0.6) is 0 Å². The van der Waals surface area contributed by atoms with Crippen molar-refractivity contribution >= 4 is 39.5 Å². The number of aliphatic hydroxyl groups is 1. The molecule has 2 unspecified atom stereocenters. The smallest absolute Gasteiger partial charge is 0.462 e. The Balaban J connectivity index is 5.26. The van der Waals surface area contributed by atoms with Crippen LogP contribution in [0.1, 0.15) is 415 Å². The molecule has 0 saturated heterocycles. The van der Waals surface area contributed by atoms with Gasteiger partial charge in [-0.3, -0.25) is 37.3 Å². The van der Waals surface area contributed by atoms with Gasteiger partial charge in [-0.1, -0.05) is 364 Å². The Morgan fingerprint density at radius 2 is 0.420 bits per heavy atom. The van der Waals surface area contributed by atoms with E-state index in [0.717, 1.165) is 114 Å². The van der Waals surface area contributed by atoms with Crippen LogP contribution in [0.25, 0.3) is 0 Å². The Morgan fingerprint density at radius 3 is 0.620 bits per heavy atom. The quantitative estimate of drug-likeness (QED) is 0.0222. The Labute approximate surface area is 613 Å². The average Bonchev–Trinajstić information content (AvgIpc) is 0.915. The molecule has 5 atom stereocenters. The molecule has 0 amide bonds. The first-order valence-corrected chi connectivity index (χ1v) is 44.7. The molecule has 0 aromatic heterocycles. The Morgan fingerprint density at radius 1 is 0.250 bits per heavy atom. The Hall–Kier alpha value is -1.94. The summed E-state index contributed by atoms with van der Waals surface area (Å²) in [4.78, 5) is 73.0. The fourth-order valence-electron chi connectivity index (χ4n) is 12.4. The van der Waals surface area contributed by atoms with Crippen LogP contribution in [0.15, 0.2) is 0 Å². The highest BCUT2D eigenvalue weighted by atomic mass is 31.2. The van der Waals surface area contributed by atoms with Gasteiger partial charge < -0.3 is 33.8 Å². The summed E-state index contributed by atoms with van der Waals surface area (Å²) in [6, 6.07) is 0. The largest absolute Gasteiger partial charge is 0.472 e. The van der Waals surface area contributed by atoms with Crippen molar-refractivity contribution in [1.29, 1.82) is 0 Å². The van der Waals surface area contributed by atoms with Gasteiger partial charge in [-0.2, -0.15) is 0 Å². The predicted octanol–water partition coefficient (Wildman–Crippen LogP) is 24.0. The van der Waals surface area contributed by atoms with Crippen LogP contribution in [0.2, 0.25) is 0 Å². The summed E-state index contributed by atoms with van der Waals surface area (Å²) in [5.74, 6) is 0.980. The van der Waals surface area contributed by atoms with Crippen molar-refractivity contribution in [3.05, 3.63) is 0 Å². The molecule has 0 aliphatic rings. The molecule has 17 nitrogen and oxygen atoms in total. The molecule has 19 heteroatoms. The summed E-state index contributed by atoms with van der Waals surface area (Å²) < 4.78 is 68.7. The molecule has 0 aliphatic heterocycles. The van der Waals surface area contributed by atoms with E-state index in [-0.39, 0.29) is 25.7 Å². The number of carbonyl (C=O) groups is 4. The van der Waals surface area contributed by atoms with Crippen LogP contribution in [-0.2, 0) is 65.4 Å². The fraction of sp³-hybridized carbons (Fsp3) is 0.951. The predicted molar refractivity (Wildman–Crippen MR) is 409 cm³/mol. The lowest BCUT2D eigenvalue weighted by Gasteiger charge is -2.21. The number of phosphoric acid groups is 2. The first kappa shape index (κ1) is 98.1. The maximum Gasteiger partial charge on any atom is 0.472 e. The maximum absolute atomic E-state index is 13.1. The van der Waals surface area contributed by atoms with Gasteiger partial charge in [0, 0.05) is 25.7 Å². The third-order valence-electron chi connectivity index (χ3n) is 18.8. The summed E-state index contributed by atoms with van der Waals surface area (Å²) in [5.41, 5.74) is 0. The van der Waals surface area contributed by atoms with Gasteiger partial charge in [-0.05, 0) is 49.4 Å². The topological polar surface area (TPSA) is 237 Å². The normalized spacial score (nSPS) is 14.0. The average molecular weight is 1470 g/mol. The molecule has 0 radical (unpaired) electrons. The number of esters is 4. The van der Waals surface area contributed by atoms with E-state index in [1.165, 1.54) is 218 Å². The second kappa shape index (κ2) is 70.1. The molecule has 0 saturated carbocycles. The summed E-state index contributed by atoms with van der Waals surface area (Å²) in [6.07, 6.45) is 56.9. The van der Waals surface area contributed by atoms with E-state index in [0.29, 0.717) is 25.7 Å². The first-order valence-electron chi connectivity index (χ1n) is 41.7. The highest BCUT2D eigenvalue weighted by Crippen LogP contribution is 2.45. The van der Waals surface area contributed by atoms with E-state index in [1.807, 2.05) is 0 Å². The SMILES string of the molecule is CC(C)CCCCCCCCCCCCCCCCCC(=O)O[C@H](COC(=O)CCCCCCCCCCCCCCCCC(C)C)COP(=O)(O)OC[C@@H](O)COP(=O)(O)OC[C@@H](COC(=O)CCCCCCCCCCC(C)C)OC(=O)CCCCCCCCCCCCCC(C)C. The second-order valence-electron chi connectivity index (χ2n) is 31.1. The first-order chi connectivity index (χ1) is 48.1. The zero-order valence-corrected chi connectivity index (χ0v) is 67.6. The van der Waals surface area contributed by atoms with Crippen molar-refractivity contribution in [2.45, 2.75) is 433 Å². The van der Waals surface area contributed by atoms with Gasteiger partial charge in [0.05, 0.1) is 26.4 Å². The van der Waals surface area contributed by atoms with Crippen molar-refractivity contribution < 1.29 is 80.2 Å². The molecule has 0 spiro atoms. The molecule has 0 fully saturated rings. The number of carbonyl (C=O) groups excluding carboxylic acids is 4. The molecule has 0 aliphatic carbocycles. The van der Waals surface area contributed by atoms with Crippen molar-refractivity contribution in [2.75, 3.05) is 39.6 Å². The van der Waals surface area contributed by atoms with Crippen LogP contribution in [0.4, 0.5) is 0 Å². The summed E-state index contributed by atoms with van der Waals surface area (Å²) in [7, 11) is -9.92. The lowest BCUT2D eigenvalue weighted by molar-refractivity contribution is -0.161.